The normalized spacial score (nSPS) is 21.5. The Morgan fingerprint density at radius 2 is 2.35 bits per heavy atom. The molecular weight excluding hydrogens is 236 g/mol. The molecular formula is C12H19ClN4. The van der Waals surface area contributed by atoms with E-state index in [4.69, 9.17) is 17.3 Å². The highest BCUT2D eigenvalue weighted by atomic mass is 35.5. The first kappa shape index (κ1) is 12.5. The zero-order valence-corrected chi connectivity index (χ0v) is 11.1. The Balaban J connectivity index is 2.15. The Kier molecular flexibility index (Phi) is 3.74. The number of likely N-dealkylation sites (tertiary alicyclic amines) is 1. The molecule has 0 amide bonds. The maximum Gasteiger partial charge on any atom is 0.147 e. The van der Waals surface area contributed by atoms with Crippen LogP contribution in [-0.4, -0.2) is 43.1 Å². The molecule has 2 heterocycles. The Morgan fingerprint density at radius 1 is 1.59 bits per heavy atom. The molecule has 0 saturated carbocycles. The SMILES string of the molecule is CN1CCCC(N(C)c2ncc(N)cc2Cl)C1. The second kappa shape index (κ2) is 5.10. The van der Waals surface area contributed by atoms with Crippen molar-refractivity contribution in [1.82, 2.24) is 9.88 Å². The standard InChI is InChI=1S/C12H19ClN4/c1-16-5-3-4-10(8-16)17(2)12-11(13)6-9(14)7-15-12/h6-7,10H,3-5,8,14H2,1-2H3. The summed E-state index contributed by atoms with van der Waals surface area (Å²) in [5, 5.41) is 0.626. The van der Waals surface area contributed by atoms with Gasteiger partial charge in [0.25, 0.3) is 0 Å². The summed E-state index contributed by atoms with van der Waals surface area (Å²) >= 11 is 6.18. The van der Waals surface area contributed by atoms with Crippen molar-refractivity contribution in [3.8, 4) is 0 Å². The monoisotopic (exact) mass is 254 g/mol. The first-order chi connectivity index (χ1) is 8.08. The largest absolute Gasteiger partial charge is 0.397 e. The molecule has 0 aliphatic carbocycles. The molecule has 4 nitrogen and oxygen atoms in total. The van der Waals surface area contributed by atoms with Gasteiger partial charge in [-0.3, -0.25) is 0 Å². The minimum Gasteiger partial charge on any atom is -0.397 e. The molecule has 1 atom stereocenters. The van der Waals surface area contributed by atoms with Crippen LogP contribution in [0.4, 0.5) is 11.5 Å². The van der Waals surface area contributed by atoms with Crippen molar-refractivity contribution in [3.05, 3.63) is 17.3 Å². The van der Waals surface area contributed by atoms with Crippen molar-refractivity contribution in [3.63, 3.8) is 0 Å². The summed E-state index contributed by atoms with van der Waals surface area (Å²) in [5.41, 5.74) is 6.26. The number of hydrogen-bond acceptors (Lipinski definition) is 4. The molecule has 0 radical (unpaired) electrons. The lowest BCUT2D eigenvalue weighted by atomic mass is 10.1. The number of hydrogen-bond donors (Lipinski definition) is 1. The van der Waals surface area contributed by atoms with Crippen molar-refractivity contribution < 1.29 is 0 Å². The zero-order chi connectivity index (χ0) is 12.4. The van der Waals surface area contributed by atoms with Gasteiger partial charge in [-0.1, -0.05) is 11.6 Å². The highest BCUT2D eigenvalue weighted by Crippen LogP contribution is 2.27. The van der Waals surface area contributed by atoms with Crippen molar-refractivity contribution in [2.75, 3.05) is 37.8 Å². The number of nitrogen functional groups attached to an aromatic ring is 1. The van der Waals surface area contributed by atoms with Crippen LogP contribution in [0, 0.1) is 0 Å². The van der Waals surface area contributed by atoms with E-state index in [-0.39, 0.29) is 0 Å². The van der Waals surface area contributed by atoms with Crippen molar-refractivity contribution in [2.45, 2.75) is 18.9 Å². The molecule has 5 heteroatoms. The van der Waals surface area contributed by atoms with Crippen molar-refractivity contribution in [1.29, 1.82) is 0 Å². The molecule has 1 aliphatic rings. The maximum absolute atomic E-state index is 6.18. The van der Waals surface area contributed by atoms with Gasteiger partial charge in [0.2, 0.25) is 0 Å². The molecule has 1 unspecified atom stereocenters. The van der Waals surface area contributed by atoms with E-state index in [2.05, 4.69) is 21.8 Å². The third-order valence-electron chi connectivity index (χ3n) is 3.32. The van der Waals surface area contributed by atoms with E-state index in [0.717, 1.165) is 12.4 Å². The third-order valence-corrected chi connectivity index (χ3v) is 3.60. The van der Waals surface area contributed by atoms with E-state index < -0.39 is 0 Å². The van der Waals surface area contributed by atoms with Crippen LogP contribution in [0.5, 0.6) is 0 Å². The van der Waals surface area contributed by atoms with Crippen LogP contribution in [0.25, 0.3) is 0 Å². The van der Waals surface area contributed by atoms with Crippen molar-refractivity contribution >= 4 is 23.1 Å². The molecule has 17 heavy (non-hydrogen) atoms. The predicted octanol–water partition coefficient (Wildman–Crippen LogP) is 1.85. The summed E-state index contributed by atoms with van der Waals surface area (Å²) in [6, 6.07) is 2.23. The van der Waals surface area contributed by atoms with Crippen LogP contribution in [0.3, 0.4) is 0 Å². The number of nitrogens with zero attached hydrogens (tertiary/aromatic N) is 3. The van der Waals surface area contributed by atoms with Crippen LogP contribution >= 0.6 is 11.6 Å². The molecule has 1 fully saturated rings. The summed E-state index contributed by atoms with van der Waals surface area (Å²) in [6.45, 7) is 2.23. The highest BCUT2D eigenvalue weighted by molar-refractivity contribution is 6.33. The summed E-state index contributed by atoms with van der Waals surface area (Å²) in [7, 11) is 4.20. The van der Waals surface area contributed by atoms with E-state index in [0.29, 0.717) is 16.8 Å². The lowest BCUT2D eigenvalue weighted by molar-refractivity contribution is 0.247. The number of piperidine rings is 1. The Morgan fingerprint density at radius 3 is 3.00 bits per heavy atom. The molecule has 2 N–H and O–H groups in total. The fourth-order valence-electron chi connectivity index (χ4n) is 2.33. The maximum atomic E-state index is 6.18. The van der Waals surface area contributed by atoms with Gasteiger partial charge < -0.3 is 15.5 Å². The van der Waals surface area contributed by atoms with Gasteiger partial charge >= 0.3 is 0 Å². The number of likely N-dealkylation sites (N-methyl/N-ethyl adjacent to an activating group) is 2. The fourth-order valence-corrected chi connectivity index (χ4v) is 2.64. The Bertz CT molecular complexity index is 396. The number of nitrogens with two attached hydrogens (primary N) is 1. The second-order valence-corrected chi connectivity index (χ2v) is 5.15. The highest BCUT2D eigenvalue weighted by Gasteiger charge is 2.23. The molecule has 0 aromatic carbocycles. The molecule has 1 saturated heterocycles. The molecule has 1 aliphatic heterocycles. The fraction of sp³-hybridized carbons (Fsp3) is 0.583. The summed E-state index contributed by atoms with van der Waals surface area (Å²) in [5.74, 6) is 0.821. The van der Waals surface area contributed by atoms with Crippen LogP contribution in [0.1, 0.15) is 12.8 Å². The predicted molar refractivity (Wildman–Crippen MR) is 72.6 cm³/mol. The number of halogens is 1. The molecule has 0 spiro atoms. The first-order valence-corrected chi connectivity index (χ1v) is 6.28. The average Bonchev–Trinajstić information content (AvgIpc) is 2.28. The van der Waals surface area contributed by atoms with Gasteiger partial charge in [-0.25, -0.2) is 4.98 Å². The molecule has 0 bridgehead atoms. The molecule has 1 aromatic heterocycles. The van der Waals surface area contributed by atoms with Gasteiger partial charge in [0, 0.05) is 19.6 Å². The van der Waals surface area contributed by atoms with Gasteiger partial charge in [-0.05, 0) is 32.5 Å². The average molecular weight is 255 g/mol. The second-order valence-electron chi connectivity index (χ2n) is 4.74. The van der Waals surface area contributed by atoms with Crippen LogP contribution in [0.15, 0.2) is 12.3 Å². The number of aromatic nitrogens is 1. The van der Waals surface area contributed by atoms with Crippen LogP contribution in [-0.2, 0) is 0 Å². The third kappa shape index (κ3) is 2.82. The van der Waals surface area contributed by atoms with E-state index in [9.17, 15) is 0 Å². The smallest absolute Gasteiger partial charge is 0.147 e. The zero-order valence-electron chi connectivity index (χ0n) is 10.4. The molecule has 94 valence electrons. The van der Waals surface area contributed by atoms with E-state index in [1.165, 1.54) is 19.4 Å². The van der Waals surface area contributed by atoms with Gasteiger partial charge in [0.1, 0.15) is 5.82 Å². The summed E-state index contributed by atoms with van der Waals surface area (Å²) in [4.78, 5) is 8.84. The van der Waals surface area contributed by atoms with Gasteiger partial charge in [0.15, 0.2) is 0 Å². The van der Waals surface area contributed by atoms with Gasteiger partial charge in [-0.15, -0.1) is 0 Å². The van der Waals surface area contributed by atoms with E-state index in [1.807, 2.05) is 7.05 Å². The topological polar surface area (TPSA) is 45.4 Å². The van der Waals surface area contributed by atoms with Crippen molar-refractivity contribution in [2.24, 2.45) is 0 Å². The molecule has 1 aromatic rings. The van der Waals surface area contributed by atoms with Gasteiger partial charge in [-0.2, -0.15) is 0 Å². The summed E-state index contributed by atoms with van der Waals surface area (Å²) in [6.07, 6.45) is 4.06. The lowest BCUT2D eigenvalue weighted by Crippen LogP contribution is -2.45. The Labute approximate surface area is 107 Å². The lowest BCUT2D eigenvalue weighted by Gasteiger charge is -2.36. The van der Waals surface area contributed by atoms with Gasteiger partial charge in [0.05, 0.1) is 16.9 Å². The minimum atomic E-state index is 0.474. The van der Waals surface area contributed by atoms with E-state index >= 15 is 0 Å². The number of pyridine rings is 1. The number of rotatable bonds is 2. The minimum absolute atomic E-state index is 0.474. The summed E-state index contributed by atoms with van der Waals surface area (Å²) < 4.78 is 0. The quantitative estimate of drug-likeness (QED) is 0.875. The Hall–Kier alpha value is -1.00. The van der Waals surface area contributed by atoms with E-state index in [1.54, 1.807) is 12.3 Å². The van der Waals surface area contributed by atoms with Crippen LogP contribution in [0.2, 0.25) is 5.02 Å². The first-order valence-electron chi connectivity index (χ1n) is 5.90. The van der Waals surface area contributed by atoms with Crippen LogP contribution < -0.4 is 10.6 Å². The molecule has 2 rings (SSSR count). The number of anilines is 2.